The second-order valence-corrected chi connectivity index (χ2v) is 5.07. The summed E-state index contributed by atoms with van der Waals surface area (Å²) >= 11 is 4.88. The van der Waals surface area contributed by atoms with Crippen LogP contribution in [-0.4, -0.2) is 9.91 Å². The molecule has 0 bridgehead atoms. The molecule has 1 heterocycles. The van der Waals surface area contributed by atoms with Gasteiger partial charge in [0.1, 0.15) is 0 Å². The Bertz CT molecular complexity index is 530. The summed E-state index contributed by atoms with van der Waals surface area (Å²) in [6.07, 6.45) is 1.77. The number of hydrogen-bond donors (Lipinski definition) is 1. The maximum absolute atomic E-state index is 10.7. The van der Waals surface area contributed by atoms with E-state index in [0.717, 1.165) is 9.35 Å². The Labute approximate surface area is 110 Å². The molecule has 1 aromatic carbocycles. The molecule has 88 valence electrons. The highest BCUT2D eigenvalue weighted by Crippen LogP contribution is 2.27. The van der Waals surface area contributed by atoms with Gasteiger partial charge >= 0.3 is 0 Å². The Morgan fingerprint density at radius 3 is 3.00 bits per heavy atom. The normalized spacial score (nSPS) is 10.2. The molecule has 0 fully saturated rings. The lowest BCUT2D eigenvalue weighted by molar-refractivity contribution is -0.384. The molecule has 0 aliphatic rings. The lowest BCUT2D eigenvalue weighted by Crippen LogP contribution is -1.99. The minimum Gasteiger partial charge on any atom is -0.379 e. The third kappa shape index (κ3) is 3.01. The van der Waals surface area contributed by atoms with Crippen molar-refractivity contribution in [1.82, 2.24) is 4.98 Å². The average Bonchev–Trinajstić information content (AvgIpc) is 2.80. The van der Waals surface area contributed by atoms with E-state index in [1.165, 1.54) is 23.5 Å². The molecule has 7 heteroatoms. The van der Waals surface area contributed by atoms with E-state index in [9.17, 15) is 10.1 Å². The summed E-state index contributed by atoms with van der Waals surface area (Å²) in [5.41, 5.74) is 2.52. The molecule has 2 aromatic rings. The first-order chi connectivity index (χ1) is 8.16. The monoisotopic (exact) mass is 313 g/mol. The molecule has 0 saturated carbocycles. The molecule has 2 rings (SSSR count). The summed E-state index contributed by atoms with van der Waals surface area (Å²) in [7, 11) is 0. The third-order valence-corrected chi connectivity index (χ3v) is 3.57. The molecule has 17 heavy (non-hydrogen) atoms. The number of thiazole rings is 1. The number of nitrogens with zero attached hydrogens (tertiary/aromatic N) is 2. The molecular formula is C10H8BrN3O2S. The first-order valence-corrected chi connectivity index (χ1v) is 6.39. The highest BCUT2D eigenvalue weighted by Gasteiger charge is 2.09. The first kappa shape index (κ1) is 12.0. The summed E-state index contributed by atoms with van der Waals surface area (Å²) in [5.74, 6) is 0. The highest BCUT2D eigenvalue weighted by molar-refractivity contribution is 9.10. The molecule has 0 aliphatic heterocycles. The van der Waals surface area contributed by atoms with Gasteiger partial charge in [-0.15, -0.1) is 11.3 Å². The number of nitro groups is 1. The maximum atomic E-state index is 10.7. The van der Waals surface area contributed by atoms with Gasteiger partial charge in [-0.3, -0.25) is 15.1 Å². The van der Waals surface area contributed by atoms with Crippen LogP contribution in [0.1, 0.15) is 4.88 Å². The van der Waals surface area contributed by atoms with E-state index in [1.807, 2.05) is 0 Å². The Hall–Kier alpha value is -1.47. The minimum absolute atomic E-state index is 0.0694. The molecule has 0 amide bonds. The van der Waals surface area contributed by atoms with Crippen molar-refractivity contribution >= 4 is 38.6 Å². The van der Waals surface area contributed by atoms with Gasteiger partial charge in [-0.25, -0.2) is 0 Å². The number of anilines is 1. The van der Waals surface area contributed by atoms with Crippen molar-refractivity contribution in [1.29, 1.82) is 0 Å². The van der Waals surface area contributed by atoms with Gasteiger partial charge in [-0.05, 0) is 22.0 Å². The number of benzene rings is 1. The Morgan fingerprint density at radius 1 is 1.53 bits per heavy atom. The van der Waals surface area contributed by atoms with Crippen molar-refractivity contribution in [2.45, 2.75) is 6.54 Å². The molecule has 1 N–H and O–H groups in total. The fourth-order valence-electron chi connectivity index (χ4n) is 1.27. The predicted octanol–water partition coefficient (Wildman–Crippen LogP) is 3.43. The molecule has 0 spiro atoms. The summed E-state index contributed by atoms with van der Waals surface area (Å²) in [6, 6.07) is 4.63. The Morgan fingerprint density at radius 2 is 2.35 bits per heavy atom. The second-order valence-electron chi connectivity index (χ2n) is 3.24. The van der Waals surface area contributed by atoms with Crippen LogP contribution in [0.25, 0.3) is 0 Å². The molecule has 1 aromatic heterocycles. The van der Waals surface area contributed by atoms with Crippen LogP contribution in [0.3, 0.4) is 0 Å². The molecule has 0 atom stereocenters. The van der Waals surface area contributed by atoms with Crippen molar-refractivity contribution in [2.75, 3.05) is 5.32 Å². The summed E-state index contributed by atoms with van der Waals surface area (Å²) in [5, 5.41) is 13.8. The van der Waals surface area contributed by atoms with Crippen LogP contribution in [0.5, 0.6) is 0 Å². The maximum Gasteiger partial charge on any atom is 0.271 e. The lowest BCUT2D eigenvalue weighted by Gasteiger charge is -2.06. The van der Waals surface area contributed by atoms with Gasteiger partial charge in [0.05, 0.1) is 22.7 Å². The van der Waals surface area contributed by atoms with Crippen molar-refractivity contribution in [2.24, 2.45) is 0 Å². The molecule has 0 aliphatic carbocycles. The fourth-order valence-corrected chi connectivity index (χ4v) is 2.20. The Balaban J connectivity index is 2.14. The Kier molecular flexibility index (Phi) is 3.70. The van der Waals surface area contributed by atoms with E-state index in [4.69, 9.17) is 0 Å². The first-order valence-electron chi connectivity index (χ1n) is 4.72. The van der Waals surface area contributed by atoms with E-state index in [0.29, 0.717) is 12.2 Å². The molecular weight excluding hydrogens is 306 g/mol. The predicted molar refractivity (Wildman–Crippen MR) is 70.2 cm³/mol. The third-order valence-electron chi connectivity index (χ3n) is 2.10. The largest absolute Gasteiger partial charge is 0.379 e. The van der Waals surface area contributed by atoms with E-state index in [-0.39, 0.29) is 5.69 Å². The zero-order valence-corrected chi connectivity index (χ0v) is 11.0. The molecule has 5 nitrogen and oxygen atoms in total. The highest BCUT2D eigenvalue weighted by atomic mass is 79.9. The fraction of sp³-hybridized carbons (Fsp3) is 0.100. The SMILES string of the molecule is O=[N+]([O-])c1ccc(Br)c(NCc2cncs2)c1. The van der Waals surface area contributed by atoms with Gasteiger partial charge < -0.3 is 5.32 Å². The van der Waals surface area contributed by atoms with E-state index >= 15 is 0 Å². The van der Waals surface area contributed by atoms with Crippen LogP contribution in [0, 0.1) is 10.1 Å². The number of aromatic nitrogens is 1. The van der Waals surface area contributed by atoms with E-state index in [1.54, 1.807) is 17.8 Å². The van der Waals surface area contributed by atoms with Crippen LogP contribution in [0.2, 0.25) is 0 Å². The van der Waals surface area contributed by atoms with Crippen LogP contribution in [-0.2, 0) is 6.54 Å². The van der Waals surface area contributed by atoms with Crippen molar-refractivity contribution in [3.63, 3.8) is 0 Å². The zero-order chi connectivity index (χ0) is 12.3. The summed E-state index contributed by atoms with van der Waals surface area (Å²) < 4.78 is 0.799. The van der Waals surface area contributed by atoms with Crippen LogP contribution >= 0.6 is 27.3 Å². The quantitative estimate of drug-likeness (QED) is 0.693. The van der Waals surface area contributed by atoms with Crippen molar-refractivity contribution in [3.05, 3.63) is 49.4 Å². The van der Waals surface area contributed by atoms with Gasteiger partial charge in [-0.2, -0.15) is 0 Å². The van der Waals surface area contributed by atoms with Gasteiger partial charge in [-0.1, -0.05) is 0 Å². The second kappa shape index (κ2) is 5.24. The number of non-ortho nitro benzene ring substituents is 1. The number of rotatable bonds is 4. The van der Waals surface area contributed by atoms with Crippen LogP contribution in [0.15, 0.2) is 34.4 Å². The average molecular weight is 314 g/mol. The van der Waals surface area contributed by atoms with Gasteiger partial charge in [0.15, 0.2) is 0 Å². The van der Waals surface area contributed by atoms with Crippen molar-refractivity contribution in [3.8, 4) is 0 Å². The van der Waals surface area contributed by atoms with Gasteiger partial charge in [0, 0.05) is 27.7 Å². The molecule has 0 unspecified atom stereocenters. The van der Waals surface area contributed by atoms with Crippen molar-refractivity contribution < 1.29 is 4.92 Å². The van der Waals surface area contributed by atoms with Gasteiger partial charge in [0.2, 0.25) is 0 Å². The van der Waals surface area contributed by atoms with E-state index < -0.39 is 4.92 Å². The lowest BCUT2D eigenvalue weighted by atomic mass is 10.3. The molecule has 0 radical (unpaired) electrons. The number of nitro benzene ring substituents is 1. The number of nitrogens with one attached hydrogen (secondary N) is 1. The summed E-state index contributed by atoms with van der Waals surface area (Å²) in [6.45, 7) is 0.602. The van der Waals surface area contributed by atoms with Crippen LogP contribution < -0.4 is 5.32 Å². The summed E-state index contributed by atoms with van der Waals surface area (Å²) in [4.78, 5) is 15.3. The van der Waals surface area contributed by atoms with Gasteiger partial charge in [0.25, 0.3) is 5.69 Å². The minimum atomic E-state index is -0.412. The number of hydrogen-bond acceptors (Lipinski definition) is 5. The topological polar surface area (TPSA) is 68.1 Å². The van der Waals surface area contributed by atoms with E-state index in [2.05, 4.69) is 26.2 Å². The van der Waals surface area contributed by atoms with Crippen LogP contribution in [0.4, 0.5) is 11.4 Å². The zero-order valence-electron chi connectivity index (χ0n) is 8.59. The standard InChI is InChI=1S/C10H8BrN3O2S/c11-9-2-1-7(14(15)16)3-10(9)13-5-8-4-12-6-17-8/h1-4,6,13H,5H2. The number of halogens is 1. The smallest absolute Gasteiger partial charge is 0.271 e. The molecule has 0 saturated heterocycles.